The summed E-state index contributed by atoms with van der Waals surface area (Å²) in [6.07, 6.45) is 0. The lowest BCUT2D eigenvalue weighted by atomic mass is 9.99. The molecule has 0 atom stereocenters. The normalized spacial score (nSPS) is 19.9. The molecule has 2 N–H and O–H groups in total. The lowest BCUT2D eigenvalue weighted by molar-refractivity contribution is 1.02. The van der Waals surface area contributed by atoms with Crippen molar-refractivity contribution in [3.63, 3.8) is 0 Å². The van der Waals surface area contributed by atoms with Crippen molar-refractivity contribution in [2.24, 2.45) is 20.2 Å². The largest absolute Gasteiger partial charge is 0.251 e. The fraction of sp³-hybridized carbons (Fsp3) is 0. The summed E-state index contributed by atoms with van der Waals surface area (Å²) in [5, 5.41) is 9.71. The van der Waals surface area contributed by atoms with Crippen molar-refractivity contribution in [3.8, 4) is 0 Å². The van der Waals surface area contributed by atoms with Crippen LogP contribution < -0.4 is 10.9 Å². The van der Waals surface area contributed by atoms with Gasteiger partial charge < -0.3 is 0 Å². The molecule has 0 bridgehead atoms. The molecular weight excluding hydrogens is 509 g/mol. The maximum Gasteiger partial charge on any atom is 0.214 e. The van der Waals surface area contributed by atoms with E-state index in [9.17, 15) is 0 Å². The Bertz CT molecular complexity index is 1440. The van der Waals surface area contributed by atoms with Gasteiger partial charge in [-0.2, -0.15) is 10.2 Å². The van der Waals surface area contributed by atoms with Crippen molar-refractivity contribution in [1.82, 2.24) is 10.9 Å². The maximum absolute atomic E-state index is 5.65. The molecule has 0 saturated carbocycles. The van der Waals surface area contributed by atoms with Crippen LogP contribution in [-0.4, -0.2) is 33.1 Å². The molecule has 5 rings (SSSR count). The van der Waals surface area contributed by atoms with E-state index in [4.69, 9.17) is 34.4 Å². The van der Waals surface area contributed by atoms with E-state index in [1.54, 1.807) is 0 Å². The Kier molecular flexibility index (Phi) is 7.93. The first kappa shape index (κ1) is 25.0. The smallest absolute Gasteiger partial charge is 0.214 e. The van der Waals surface area contributed by atoms with Crippen molar-refractivity contribution in [3.05, 3.63) is 144 Å². The Hall–Kier alpha value is -4.66. The molecule has 38 heavy (non-hydrogen) atoms. The zero-order valence-corrected chi connectivity index (χ0v) is 21.8. The van der Waals surface area contributed by atoms with Crippen LogP contribution in [0, 0.1) is 0 Å². The molecule has 1 aliphatic heterocycles. The highest BCUT2D eigenvalue weighted by atomic mass is 32.1. The highest BCUT2D eigenvalue weighted by Gasteiger charge is 2.19. The molecule has 0 saturated heterocycles. The van der Waals surface area contributed by atoms with E-state index in [0.29, 0.717) is 22.8 Å². The predicted octanol–water partition coefficient (Wildman–Crippen LogP) is 5.54. The Labute approximate surface area is 231 Å². The first-order valence-electron chi connectivity index (χ1n) is 11.8. The zero-order valence-electron chi connectivity index (χ0n) is 20.2. The van der Waals surface area contributed by atoms with Gasteiger partial charge in [0.25, 0.3) is 0 Å². The van der Waals surface area contributed by atoms with Crippen LogP contribution >= 0.6 is 24.4 Å². The van der Waals surface area contributed by atoms with Crippen molar-refractivity contribution < 1.29 is 0 Å². The van der Waals surface area contributed by atoms with E-state index in [1.807, 2.05) is 121 Å². The average molecular weight is 531 g/mol. The molecule has 0 aliphatic carbocycles. The number of hydrogen-bond donors (Lipinski definition) is 2. The van der Waals surface area contributed by atoms with Crippen molar-refractivity contribution in [1.29, 1.82) is 0 Å². The summed E-state index contributed by atoms with van der Waals surface area (Å²) in [7, 11) is 0. The number of hydrogen-bond acceptors (Lipinski definition) is 4. The van der Waals surface area contributed by atoms with Gasteiger partial charge in [-0.1, -0.05) is 121 Å². The number of rotatable bonds is 4. The molecular formula is C30H22N6S2. The van der Waals surface area contributed by atoms with Crippen molar-refractivity contribution >= 4 is 57.5 Å². The van der Waals surface area contributed by atoms with Gasteiger partial charge in [-0.25, -0.2) is 9.98 Å². The van der Waals surface area contributed by atoms with Crippen LogP contribution in [0.4, 0.5) is 0 Å². The topological polar surface area (TPSA) is 73.5 Å². The molecule has 0 amide bonds. The van der Waals surface area contributed by atoms with Crippen molar-refractivity contribution in [2.45, 2.75) is 0 Å². The quantitative estimate of drug-likeness (QED) is 0.340. The molecule has 0 radical (unpaired) electrons. The van der Waals surface area contributed by atoms with Crippen LogP contribution in [0.3, 0.4) is 0 Å². The van der Waals surface area contributed by atoms with Crippen LogP contribution in [0.15, 0.2) is 142 Å². The first-order valence-corrected chi connectivity index (χ1v) is 12.7. The summed E-state index contributed by atoms with van der Waals surface area (Å²) in [5.41, 5.74) is 11.5. The second-order valence-corrected chi connectivity index (χ2v) is 8.91. The van der Waals surface area contributed by atoms with E-state index < -0.39 is 0 Å². The fourth-order valence-electron chi connectivity index (χ4n) is 3.86. The number of hydrazone groups is 2. The van der Waals surface area contributed by atoms with Crippen LogP contribution in [0.25, 0.3) is 0 Å². The molecule has 1 heterocycles. The van der Waals surface area contributed by atoms with Crippen molar-refractivity contribution in [2.75, 3.05) is 0 Å². The Morgan fingerprint density at radius 2 is 0.632 bits per heavy atom. The summed E-state index contributed by atoms with van der Waals surface area (Å²) in [5.74, 6) is 0. The molecule has 0 spiro atoms. The molecule has 184 valence electrons. The predicted molar refractivity (Wildman–Crippen MR) is 163 cm³/mol. The van der Waals surface area contributed by atoms with Gasteiger partial charge in [0.15, 0.2) is 0 Å². The van der Waals surface area contributed by atoms with Crippen LogP contribution in [0.2, 0.25) is 0 Å². The molecule has 4 aromatic rings. The summed E-state index contributed by atoms with van der Waals surface area (Å²) < 4.78 is 0. The molecule has 1 aliphatic rings. The van der Waals surface area contributed by atoms with Gasteiger partial charge in [0.05, 0.1) is 11.4 Å². The molecule has 6 nitrogen and oxygen atoms in total. The van der Waals surface area contributed by atoms with E-state index in [-0.39, 0.29) is 10.2 Å². The number of nitrogens with one attached hydrogen (secondary N) is 2. The summed E-state index contributed by atoms with van der Waals surface area (Å²) in [6.45, 7) is 0. The van der Waals surface area contributed by atoms with Gasteiger partial charge >= 0.3 is 0 Å². The van der Waals surface area contributed by atoms with Gasteiger partial charge in [-0.05, 0) is 24.4 Å². The van der Waals surface area contributed by atoms with Gasteiger partial charge in [0.2, 0.25) is 10.2 Å². The van der Waals surface area contributed by atoms with E-state index in [1.165, 1.54) is 0 Å². The molecule has 4 aromatic carbocycles. The van der Waals surface area contributed by atoms with E-state index in [0.717, 1.165) is 22.3 Å². The van der Waals surface area contributed by atoms with E-state index >= 15 is 0 Å². The Morgan fingerprint density at radius 1 is 0.368 bits per heavy atom. The minimum absolute atomic E-state index is 0.174. The lowest BCUT2D eigenvalue weighted by Gasteiger charge is -2.15. The number of thiocarbonyl (C=S) groups is 2. The summed E-state index contributed by atoms with van der Waals surface area (Å²) in [6, 6.07) is 38.9. The van der Waals surface area contributed by atoms with E-state index in [2.05, 4.69) is 21.1 Å². The molecule has 0 unspecified atom stereocenters. The van der Waals surface area contributed by atoms with Gasteiger partial charge in [-0.15, -0.1) is 0 Å². The Balaban J connectivity index is 1.69. The van der Waals surface area contributed by atoms with Crippen LogP contribution in [-0.2, 0) is 0 Å². The zero-order chi connectivity index (χ0) is 26.2. The highest BCUT2D eigenvalue weighted by Crippen LogP contribution is 2.14. The Morgan fingerprint density at radius 3 is 0.921 bits per heavy atom. The summed E-state index contributed by atoms with van der Waals surface area (Å²) >= 11 is 11.3. The first-order chi connectivity index (χ1) is 18.7. The lowest BCUT2D eigenvalue weighted by Crippen LogP contribution is -2.30. The third-order valence-electron chi connectivity index (χ3n) is 5.59. The third-order valence-corrected chi connectivity index (χ3v) is 5.96. The molecule has 0 aromatic heterocycles. The number of aliphatic imine (C=N–C) groups is 2. The highest BCUT2D eigenvalue weighted by molar-refractivity contribution is 7.80. The second-order valence-electron chi connectivity index (χ2n) is 8.14. The molecule has 8 heteroatoms. The van der Waals surface area contributed by atoms with Gasteiger partial charge in [0.1, 0.15) is 11.4 Å². The van der Waals surface area contributed by atoms with Gasteiger partial charge in [0, 0.05) is 22.3 Å². The third kappa shape index (κ3) is 6.00. The second kappa shape index (κ2) is 12.1. The minimum Gasteiger partial charge on any atom is -0.251 e. The number of benzene rings is 4. The van der Waals surface area contributed by atoms with Crippen LogP contribution in [0.1, 0.15) is 22.3 Å². The maximum atomic E-state index is 5.65. The van der Waals surface area contributed by atoms with Crippen LogP contribution in [0.5, 0.6) is 0 Å². The monoisotopic (exact) mass is 530 g/mol. The number of nitrogens with zero attached hydrogens (tertiary/aromatic N) is 4. The molecule has 0 fully saturated rings. The van der Waals surface area contributed by atoms with Gasteiger partial charge in [-0.3, -0.25) is 10.9 Å². The fourth-order valence-corrected chi connectivity index (χ4v) is 4.14. The average Bonchev–Trinajstić information content (AvgIpc) is 2.98. The SMILES string of the molecule is S=C1/N=C(c2ccccc2)\C(c2ccccc2)=N\C(=S)N/N=C(c2ccccc2)/C(c2ccccc2)=N\N1. The standard InChI is InChI=1S/C30H22N6S2/c37-29-31-25(21-13-5-1-6-14-21)26(22-15-7-2-8-16-22)32-30(38)36-34-28(24-19-11-4-12-20-24)27(33-35-29)23-17-9-3-10-18-23/h1-20H,(H,31,35,37)(H,32,36,38). The minimum atomic E-state index is 0.174. The summed E-state index contributed by atoms with van der Waals surface area (Å²) in [4.78, 5) is 9.54.